The average Bonchev–Trinajstić information content (AvgIpc) is 3.08. The van der Waals surface area contributed by atoms with E-state index in [1.165, 1.54) is 0 Å². The Morgan fingerprint density at radius 2 is 1.92 bits per heavy atom. The Kier molecular flexibility index (Phi) is 3.49. The summed E-state index contributed by atoms with van der Waals surface area (Å²) >= 11 is 0. The highest BCUT2D eigenvalue weighted by atomic mass is 16.1. The number of aromatic nitrogens is 3. The number of carbonyl (C=O) groups is 1. The molecule has 0 bridgehead atoms. The van der Waals surface area contributed by atoms with Crippen LogP contribution in [-0.2, 0) is 0 Å². The molecule has 4 rings (SSSR count). The van der Waals surface area contributed by atoms with Crippen LogP contribution in [0.3, 0.4) is 0 Å². The first-order valence-corrected chi connectivity index (χ1v) is 8.24. The fraction of sp³-hybridized carbons (Fsp3) is 0.263. The molecule has 0 saturated heterocycles. The summed E-state index contributed by atoms with van der Waals surface area (Å²) in [4.78, 5) is 12.8. The second kappa shape index (κ2) is 5.67. The predicted octanol–water partition coefficient (Wildman–Crippen LogP) is 3.17. The monoisotopic (exact) mass is 320 g/mol. The van der Waals surface area contributed by atoms with Crippen LogP contribution in [0.25, 0.3) is 11.5 Å². The molecule has 5 nitrogen and oxygen atoms in total. The summed E-state index contributed by atoms with van der Waals surface area (Å²) in [6, 6.07) is 12.4. The smallest absolute Gasteiger partial charge is 0.257 e. The largest absolute Gasteiger partial charge is 0.349 e. The molecule has 1 N–H and O–H groups in total. The van der Waals surface area contributed by atoms with E-state index < -0.39 is 0 Å². The van der Waals surface area contributed by atoms with Gasteiger partial charge in [-0.25, -0.2) is 4.68 Å². The molecule has 122 valence electrons. The molecule has 24 heavy (non-hydrogen) atoms. The lowest BCUT2D eigenvalue weighted by Crippen LogP contribution is -2.27. The highest BCUT2D eigenvalue weighted by Crippen LogP contribution is 2.25. The molecule has 1 saturated carbocycles. The van der Waals surface area contributed by atoms with Crippen LogP contribution in [0.2, 0.25) is 0 Å². The number of aryl methyl sites for hydroxylation is 2. The van der Waals surface area contributed by atoms with Crippen molar-refractivity contribution in [2.45, 2.75) is 32.7 Å². The van der Waals surface area contributed by atoms with Gasteiger partial charge in [0.2, 0.25) is 0 Å². The first-order valence-electron chi connectivity index (χ1n) is 8.24. The van der Waals surface area contributed by atoms with Gasteiger partial charge < -0.3 is 9.88 Å². The van der Waals surface area contributed by atoms with Crippen molar-refractivity contribution in [2.75, 3.05) is 0 Å². The van der Waals surface area contributed by atoms with Crippen LogP contribution in [0.4, 0.5) is 0 Å². The summed E-state index contributed by atoms with van der Waals surface area (Å²) in [7, 11) is 0. The minimum atomic E-state index is -0.0439. The summed E-state index contributed by atoms with van der Waals surface area (Å²) in [6.07, 6.45) is 6.01. The second-order valence-corrected chi connectivity index (χ2v) is 6.37. The van der Waals surface area contributed by atoms with Crippen LogP contribution in [0.1, 0.15) is 34.5 Å². The first-order chi connectivity index (χ1) is 11.6. The Morgan fingerprint density at radius 1 is 1.17 bits per heavy atom. The van der Waals surface area contributed by atoms with E-state index in [0.29, 0.717) is 11.6 Å². The molecule has 0 atom stereocenters. The minimum Gasteiger partial charge on any atom is -0.349 e. The summed E-state index contributed by atoms with van der Waals surface area (Å²) in [5, 5.41) is 7.75. The number of hydrogen-bond donors (Lipinski definition) is 1. The number of carbonyl (C=O) groups excluding carboxylic acids is 1. The number of nitrogens with one attached hydrogen (secondary N) is 1. The Morgan fingerprint density at radius 3 is 2.58 bits per heavy atom. The van der Waals surface area contributed by atoms with E-state index in [1.807, 2.05) is 52.8 Å². The molecular formula is C19H20N4O. The van der Waals surface area contributed by atoms with E-state index in [1.54, 1.807) is 0 Å². The fourth-order valence-corrected chi connectivity index (χ4v) is 2.92. The van der Waals surface area contributed by atoms with Gasteiger partial charge in [-0.05, 0) is 56.5 Å². The second-order valence-electron chi connectivity index (χ2n) is 6.37. The quantitative estimate of drug-likeness (QED) is 0.803. The van der Waals surface area contributed by atoms with Crippen molar-refractivity contribution in [3.8, 4) is 11.5 Å². The zero-order chi connectivity index (χ0) is 16.7. The third-order valence-electron chi connectivity index (χ3n) is 4.27. The van der Waals surface area contributed by atoms with Gasteiger partial charge in [-0.3, -0.25) is 4.79 Å². The first kappa shape index (κ1) is 14.8. The van der Waals surface area contributed by atoms with Crippen molar-refractivity contribution < 1.29 is 4.79 Å². The zero-order valence-electron chi connectivity index (χ0n) is 13.9. The molecular weight excluding hydrogens is 300 g/mol. The molecule has 0 aliphatic heterocycles. The molecule has 2 aromatic heterocycles. The van der Waals surface area contributed by atoms with Gasteiger partial charge in [0.1, 0.15) is 5.56 Å². The number of amides is 1. The minimum absolute atomic E-state index is 0.0439. The number of benzene rings is 1. The molecule has 5 heteroatoms. The lowest BCUT2D eigenvalue weighted by atomic mass is 10.2. The summed E-state index contributed by atoms with van der Waals surface area (Å²) in [5.41, 5.74) is 3.48. The lowest BCUT2D eigenvalue weighted by molar-refractivity contribution is 0.0950. The van der Waals surface area contributed by atoms with Crippen molar-refractivity contribution in [2.24, 2.45) is 0 Å². The van der Waals surface area contributed by atoms with Crippen molar-refractivity contribution in [3.05, 3.63) is 65.6 Å². The van der Waals surface area contributed by atoms with Gasteiger partial charge in [0.15, 0.2) is 5.82 Å². The fourth-order valence-electron chi connectivity index (χ4n) is 2.92. The van der Waals surface area contributed by atoms with Gasteiger partial charge in [0, 0.05) is 18.4 Å². The highest BCUT2D eigenvalue weighted by Gasteiger charge is 2.29. The maximum atomic E-state index is 12.8. The predicted molar refractivity (Wildman–Crippen MR) is 92.9 cm³/mol. The number of hydrogen-bond acceptors (Lipinski definition) is 2. The molecule has 1 aliphatic rings. The van der Waals surface area contributed by atoms with E-state index in [2.05, 4.69) is 29.5 Å². The Balaban J connectivity index is 1.89. The van der Waals surface area contributed by atoms with Gasteiger partial charge in [0.05, 0.1) is 11.4 Å². The molecule has 2 heterocycles. The molecule has 3 aromatic rings. The van der Waals surface area contributed by atoms with E-state index in [4.69, 9.17) is 0 Å². The summed E-state index contributed by atoms with van der Waals surface area (Å²) < 4.78 is 3.80. The van der Waals surface area contributed by atoms with Crippen LogP contribution < -0.4 is 5.32 Å². The molecule has 0 unspecified atom stereocenters. The van der Waals surface area contributed by atoms with Gasteiger partial charge in [0.25, 0.3) is 5.91 Å². The Bertz CT molecular complexity index is 888. The van der Waals surface area contributed by atoms with Crippen LogP contribution in [0.15, 0.2) is 48.8 Å². The van der Waals surface area contributed by atoms with Gasteiger partial charge in [-0.15, -0.1) is 0 Å². The van der Waals surface area contributed by atoms with Crippen LogP contribution >= 0.6 is 0 Å². The molecule has 1 amide bonds. The zero-order valence-corrected chi connectivity index (χ0v) is 13.9. The van der Waals surface area contributed by atoms with Crippen molar-refractivity contribution in [3.63, 3.8) is 0 Å². The van der Waals surface area contributed by atoms with Crippen LogP contribution in [0, 0.1) is 13.8 Å². The van der Waals surface area contributed by atoms with E-state index in [-0.39, 0.29) is 5.91 Å². The maximum Gasteiger partial charge on any atom is 0.257 e. The third kappa shape index (κ3) is 2.62. The van der Waals surface area contributed by atoms with Crippen molar-refractivity contribution >= 4 is 5.91 Å². The summed E-state index contributed by atoms with van der Waals surface area (Å²) in [6.45, 7) is 3.94. The average molecular weight is 320 g/mol. The molecule has 1 aliphatic carbocycles. The maximum absolute atomic E-state index is 12.8. The van der Waals surface area contributed by atoms with Gasteiger partial charge in [-0.2, -0.15) is 5.10 Å². The standard InChI is InChI=1S/C19H20N4O/c1-13-6-5-7-16(12-13)23-19(22-10-3-4-11-22)17(14(2)21-23)18(24)20-15-8-9-15/h3-7,10-12,15H,8-9H2,1-2H3,(H,20,24). The molecule has 1 fully saturated rings. The molecule has 0 spiro atoms. The lowest BCUT2D eigenvalue weighted by Gasteiger charge is -2.11. The topological polar surface area (TPSA) is 51.9 Å². The number of nitrogens with zero attached hydrogens (tertiary/aromatic N) is 3. The summed E-state index contributed by atoms with van der Waals surface area (Å²) in [5.74, 6) is 0.735. The Hall–Kier alpha value is -2.82. The van der Waals surface area contributed by atoms with Crippen LogP contribution in [-0.4, -0.2) is 26.3 Å². The van der Waals surface area contributed by atoms with Gasteiger partial charge >= 0.3 is 0 Å². The SMILES string of the molecule is Cc1cccc(-n2nc(C)c(C(=O)NC3CC3)c2-n2cccc2)c1. The molecule has 0 radical (unpaired) electrons. The van der Waals surface area contributed by atoms with Crippen molar-refractivity contribution in [1.29, 1.82) is 0 Å². The normalized spacial score (nSPS) is 13.9. The third-order valence-corrected chi connectivity index (χ3v) is 4.27. The van der Waals surface area contributed by atoms with Crippen LogP contribution in [0.5, 0.6) is 0 Å². The number of rotatable bonds is 4. The Labute approximate surface area is 140 Å². The highest BCUT2D eigenvalue weighted by molar-refractivity contribution is 5.99. The molecule has 1 aromatic carbocycles. The van der Waals surface area contributed by atoms with E-state index in [9.17, 15) is 4.79 Å². The van der Waals surface area contributed by atoms with E-state index in [0.717, 1.165) is 35.6 Å². The van der Waals surface area contributed by atoms with E-state index >= 15 is 0 Å². The van der Waals surface area contributed by atoms with Gasteiger partial charge in [-0.1, -0.05) is 12.1 Å². The van der Waals surface area contributed by atoms with Crippen molar-refractivity contribution in [1.82, 2.24) is 19.7 Å².